The van der Waals surface area contributed by atoms with E-state index in [1.165, 1.54) is 16.5 Å². The van der Waals surface area contributed by atoms with Crippen LogP contribution in [0.3, 0.4) is 0 Å². The van der Waals surface area contributed by atoms with Gasteiger partial charge in [0, 0.05) is 24.6 Å². The standard InChI is InChI=1S/C27H37FN2O2/c1-7-19(2)29-26(32)20(3)30(18-22-10-8-9-11-24(22)28)25(31)17-14-21-12-15-23(16-13-21)27(4,5)6/h8-13,15-16,19-20H,7,14,17-18H2,1-6H3,(H,29,32)/t19-,20-/m1/s1. The molecule has 0 aliphatic carbocycles. The minimum atomic E-state index is -0.695. The number of nitrogens with zero attached hydrogens (tertiary/aromatic N) is 1. The van der Waals surface area contributed by atoms with E-state index in [4.69, 9.17) is 0 Å². The van der Waals surface area contributed by atoms with Gasteiger partial charge < -0.3 is 10.2 Å². The van der Waals surface area contributed by atoms with Crippen molar-refractivity contribution >= 4 is 11.8 Å². The number of nitrogens with one attached hydrogen (secondary N) is 1. The highest BCUT2D eigenvalue weighted by molar-refractivity contribution is 5.87. The molecule has 0 aliphatic heterocycles. The van der Waals surface area contributed by atoms with Crippen molar-refractivity contribution in [1.82, 2.24) is 10.2 Å². The normalized spacial score (nSPS) is 13.3. The van der Waals surface area contributed by atoms with E-state index in [1.807, 2.05) is 26.0 Å². The SMILES string of the molecule is CC[C@@H](C)NC(=O)[C@@H](C)N(Cc1ccccc1F)C(=O)CCc1ccc(C(C)(C)C)cc1. The Morgan fingerprint density at radius 2 is 1.66 bits per heavy atom. The van der Waals surface area contributed by atoms with Crippen LogP contribution >= 0.6 is 0 Å². The largest absolute Gasteiger partial charge is 0.352 e. The zero-order valence-corrected chi connectivity index (χ0v) is 20.2. The second-order valence-electron chi connectivity index (χ2n) is 9.55. The third-order valence-electron chi connectivity index (χ3n) is 5.91. The molecule has 0 unspecified atom stereocenters. The van der Waals surface area contributed by atoms with E-state index in [9.17, 15) is 14.0 Å². The van der Waals surface area contributed by atoms with Gasteiger partial charge in [-0.05, 0) is 49.3 Å². The molecule has 0 spiro atoms. The maximum absolute atomic E-state index is 14.3. The van der Waals surface area contributed by atoms with E-state index < -0.39 is 6.04 Å². The number of hydrogen-bond acceptors (Lipinski definition) is 2. The van der Waals surface area contributed by atoms with Crippen LogP contribution in [-0.4, -0.2) is 28.8 Å². The maximum Gasteiger partial charge on any atom is 0.242 e. The van der Waals surface area contributed by atoms with Crippen molar-refractivity contribution in [3.05, 3.63) is 71.0 Å². The smallest absolute Gasteiger partial charge is 0.242 e. The molecule has 0 aliphatic rings. The monoisotopic (exact) mass is 440 g/mol. The van der Waals surface area contributed by atoms with Crippen molar-refractivity contribution < 1.29 is 14.0 Å². The number of rotatable bonds is 9. The summed E-state index contributed by atoms with van der Waals surface area (Å²) in [7, 11) is 0. The van der Waals surface area contributed by atoms with Gasteiger partial charge in [-0.15, -0.1) is 0 Å². The van der Waals surface area contributed by atoms with Crippen LogP contribution in [0.4, 0.5) is 4.39 Å². The predicted octanol–water partition coefficient (Wildman–Crippen LogP) is 5.39. The molecule has 0 aromatic heterocycles. The lowest BCUT2D eigenvalue weighted by atomic mass is 9.86. The minimum absolute atomic E-state index is 0.0108. The molecule has 5 heteroatoms. The molecule has 2 atom stereocenters. The van der Waals surface area contributed by atoms with Crippen LogP contribution in [0.1, 0.15) is 71.1 Å². The van der Waals surface area contributed by atoms with Crippen molar-refractivity contribution in [3.8, 4) is 0 Å². The maximum atomic E-state index is 14.3. The molecular weight excluding hydrogens is 403 g/mol. The molecular formula is C27H37FN2O2. The number of halogens is 1. The average Bonchev–Trinajstić information content (AvgIpc) is 2.76. The molecule has 2 rings (SSSR count). The molecule has 0 saturated heterocycles. The Labute approximate surface area is 192 Å². The Hall–Kier alpha value is -2.69. The fourth-order valence-electron chi connectivity index (χ4n) is 3.42. The fourth-order valence-corrected chi connectivity index (χ4v) is 3.42. The number of hydrogen-bond donors (Lipinski definition) is 1. The Morgan fingerprint density at radius 3 is 2.22 bits per heavy atom. The second kappa shape index (κ2) is 11.3. The Kier molecular flexibility index (Phi) is 8.99. The lowest BCUT2D eigenvalue weighted by Gasteiger charge is -2.30. The molecule has 0 radical (unpaired) electrons. The zero-order chi connectivity index (χ0) is 23.9. The van der Waals surface area contributed by atoms with Crippen LogP contribution in [0.2, 0.25) is 0 Å². The van der Waals surface area contributed by atoms with Gasteiger partial charge >= 0.3 is 0 Å². The highest BCUT2D eigenvalue weighted by atomic mass is 19.1. The summed E-state index contributed by atoms with van der Waals surface area (Å²) < 4.78 is 14.3. The van der Waals surface area contributed by atoms with E-state index in [1.54, 1.807) is 25.1 Å². The minimum Gasteiger partial charge on any atom is -0.352 e. The highest BCUT2D eigenvalue weighted by Gasteiger charge is 2.27. The summed E-state index contributed by atoms with van der Waals surface area (Å²) in [5.74, 6) is -0.767. The molecule has 174 valence electrons. The van der Waals surface area contributed by atoms with Crippen LogP contribution in [0.5, 0.6) is 0 Å². The van der Waals surface area contributed by atoms with Gasteiger partial charge in [-0.1, -0.05) is 70.2 Å². The van der Waals surface area contributed by atoms with Gasteiger partial charge in [0.1, 0.15) is 11.9 Å². The van der Waals surface area contributed by atoms with Gasteiger partial charge in [0.2, 0.25) is 11.8 Å². The van der Waals surface area contributed by atoms with Crippen molar-refractivity contribution in [2.45, 2.75) is 84.8 Å². The van der Waals surface area contributed by atoms with Crippen molar-refractivity contribution in [2.24, 2.45) is 0 Å². The van der Waals surface area contributed by atoms with E-state index in [-0.39, 0.29) is 42.1 Å². The first kappa shape index (κ1) is 25.6. The highest BCUT2D eigenvalue weighted by Crippen LogP contribution is 2.23. The summed E-state index contributed by atoms with van der Waals surface area (Å²) in [6.45, 7) is 12.2. The Morgan fingerprint density at radius 1 is 1.03 bits per heavy atom. The Balaban J connectivity index is 2.15. The fraction of sp³-hybridized carbons (Fsp3) is 0.481. The lowest BCUT2D eigenvalue weighted by Crippen LogP contribution is -2.49. The van der Waals surface area contributed by atoms with Crippen LogP contribution in [0.15, 0.2) is 48.5 Å². The molecule has 2 aromatic rings. The van der Waals surface area contributed by atoms with Gasteiger partial charge in [-0.25, -0.2) is 4.39 Å². The summed E-state index contributed by atoms with van der Waals surface area (Å²) in [4.78, 5) is 27.4. The molecule has 0 saturated carbocycles. The van der Waals surface area contributed by atoms with E-state index >= 15 is 0 Å². The first-order valence-corrected chi connectivity index (χ1v) is 11.5. The van der Waals surface area contributed by atoms with E-state index in [0.29, 0.717) is 12.0 Å². The van der Waals surface area contributed by atoms with Crippen molar-refractivity contribution in [1.29, 1.82) is 0 Å². The molecule has 32 heavy (non-hydrogen) atoms. The number of carbonyl (C=O) groups is 2. The van der Waals surface area contributed by atoms with Gasteiger partial charge in [0.25, 0.3) is 0 Å². The summed E-state index contributed by atoms with van der Waals surface area (Å²) in [6.07, 6.45) is 1.62. The van der Waals surface area contributed by atoms with E-state index in [0.717, 1.165) is 12.0 Å². The third kappa shape index (κ3) is 7.18. The van der Waals surface area contributed by atoms with Crippen LogP contribution in [0, 0.1) is 5.82 Å². The molecule has 1 N–H and O–H groups in total. The third-order valence-corrected chi connectivity index (χ3v) is 5.91. The van der Waals surface area contributed by atoms with Crippen LogP contribution in [-0.2, 0) is 28.0 Å². The van der Waals surface area contributed by atoms with Gasteiger partial charge in [0.05, 0.1) is 0 Å². The molecule has 2 amide bonds. The van der Waals surface area contributed by atoms with Crippen LogP contribution < -0.4 is 5.32 Å². The number of aryl methyl sites for hydroxylation is 1. The first-order chi connectivity index (χ1) is 15.0. The molecule has 0 bridgehead atoms. The van der Waals surface area contributed by atoms with Gasteiger partial charge in [-0.2, -0.15) is 0 Å². The number of carbonyl (C=O) groups excluding carboxylic acids is 2. The average molecular weight is 441 g/mol. The number of amides is 2. The number of benzene rings is 2. The topological polar surface area (TPSA) is 49.4 Å². The molecule has 0 fully saturated rings. The Bertz CT molecular complexity index is 903. The lowest BCUT2D eigenvalue weighted by molar-refractivity contribution is -0.140. The summed E-state index contributed by atoms with van der Waals surface area (Å²) >= 11 is 0. The van der Waals surface area contributed by atoms with Crippen LogP contribution in [0.25, 0.3) is 0 Å². The summed E-state index contributed by atoms with van der Waals surface area (Å²) in [5, 5.41) is 2.93. The molecule has 4 nitrogen and oxygen atoms in total. The van der Waals surface area contributed by atoms with Gasteiger partial charge in [-0.3, -0.25) is 9.59 Å². The summed E-state index contributed by atoms with van der Waals surface area (Å²) in [5.41, 5.74) is 2.78. The van der Waals surface area contributed by atoms with Gasteiger partial charge in [0.15, 0.2) is 0 Å². The molecule has 2 aromatic carbocycles. The summed E-state index contributed by atoms with van der Waals surface area (Å²) in [6, 6.07) is 14.0. The van der Waals surface area contributed by atoms with Crippen molar-refractivity contribution in [2.75, 3.05) is 0 Å². The quantitative estimate of drug-likeness (QED) is 0.568. The molecule has 0 heterocycles. The van der Waals surface area contributed by atoms with E-state index in [2.05, 4.69) is 38.2 Å². The first-order valence-electron chi connectivity index (χ1n) is 11.5. The predicted molar refractivity (Wildman–Crippen MR) is 128 cm³/mol. The zero-order valence-electron chi connectivity index (χ0n) is 20.2. The van der Waals surface area contributed by atoms with Crippen molar-refractivity contribution in [3.63, 3.8) is 0 Å². The second-order valence-corrected chi connectivity index (χ2v) is 9.55.